The lowest BCUT2D eigenvalue weighted by Gasteiger charge is -2.14. The molecule has 1 aromatic rings. The highest BCUT2D eigenvalue weighted by molar-refractivity contribution is 7.05. The van der Waals surface area contributed by atoms with Crippen LogP contribution in [0, 0.1) is 5.92 Å². The Balaban J connectivity index is 2.04. The standard InChI is InChI=1S/C8H12N2OS/c11-8(6-3-1-2-4-6)7-5-9-10-12-7/h5-6,8,11H,1-4H2. The van der Waals surface area contributed by atoms with Crippen LogP contribution in [-0.2, 0) is 0 Å². The molecular formula is C8H12N2OS. The minimum absolute atomic E-state index is 0.313. The minimum Gasteiger partial charge on any atom is -0.387 e. The highest BCUT2D eigenvalue weighted by Crippen LogP contribution is 2.36. The van der Waals surface area contributed by atoms with Crippen molar-refractivity contribution in [1.29, 1.82) is 0 Å². The van der Waals surface area contributed by atoms with Gasteiger partial charge < -0.3 is 5.11 Å². The number of aliphatic hydroxyl groups is 1. The van der Waals surface area contributed by atoms with E-state index in [-0.39, 0.29) is 6.10 Å². The normalized spacial score (nSPS) is 21.4. The third-order valence-electron chi connectivity index (χ3n) is 2.52. The van der Waals surface area contributed by atoms with Crippen LogP contribution in [0.4, 0.5) is 0 Å². The van der Waals surface area contributed by atoms with E-state index in [1.807, 2.05) is 0 Å². The van der Waals surface area contributed by atoms with E-state index in [1.165, 1.54) is 24.4 Å². The Labute approximate surface area is 75.6 Å². The summed E-state index contributed by atoms with van der Waals surface area (Å²) in [5, 5.41) is 13.6. The predicted octanol–water partition coefficient (Wildman–Crippen LogP) is 1.76. The van der Waals surface area contributed by atoms with Gasteiger partial charge in [0.15, 0.2) is 0 Å². The second-order valence-corrected chi connectivity index (χ2v) is 4.13. The lowest BCUT2D eigenvalue weighted by Crippen LogP contribution is -2.06. The molecule has 0 spiro atoms. The molecule has 1 unspecified atom stereocenters. The predicted molar refractivity (Wildman–Crippen MR) is 46.8 cm³/mol. The maximum absolute atomic E-state index is 9.84. The maximum Gasteiger partial charge on any atom is 0.0942 e. The summed E-state index contributed by atoms with van der Waals surface area (Å²) >= 11 is 1.31. The number of nitrogens with zero attached hydrogens (tertiary/aromatic N) is 2. The fourth-order valence-electron chi connectivity index (χ4n) is 1.81. The monoisotopic (exact) mass is 184 g/mol. The van der Waals surface area contributed by atoms with E-state index in [9.17, 15) is 5.11 Å². The lowest BCUT2D eigenvalue weighted by molar-refractivity contribution is 0.115. The molecule has 0 bridgehead atoms. The molecule has 0 amide bonds. The van der Waals surface area contributed by atoms with Gasteiger partial charge in [0, 0.05) is 0 Å². The first-order chi connectivity index (χ1) is 5.88. The van der Waals surface area contributed by atoms with E-state index >= 15 is 0 Å². The molecule has 3 nitrogen and oxygen atoms in total. The molecule has 66 valence electrons. The second-order valence-electron chi connectivity index (χ2n) is 3.31. The Morgan fingerprint density at radius 3 is 2.83 bits per heavy atom. The Morgan fingerprint density at radius 1 is 1.50 bits per heavy atom. The molecule has 0 saturated heterocycles. The topological polar surface area (TPSA) is 46.0 Å². The molecule has 0 aromatic carbocycles. The maximum atomic E-state index is 9.84. The van der Waals surface area contributed by atoms with Gasteiger partial charge in [-0.3, -0.25) is 0 Å². The van der Waals surface area contributed by atoms with E-state index in [4.69, 9.17) is 0 Å². The van der Waals surface area contributed by atoms with Crippen molar-refractivity contribution < 1.29 is 5.11 Å². The van der Waals surface area contributed by atoms with E-state index < -0.39 is 0 Å². The molecule has 12 heavy (non-hydrogen) atoms. The molecule has 1 aliphatic rings. The van der Waals surface area contributed by atoms with Crippen LogP contribution in [0.25, 0.3) is 0 Å². The van der Waals surface area contributed by atoms with Gasteiger partial charge in [0.2, 0.25) is 0 Å². The zero-order valence-corrected chi connectivity index (χ0v) is 7.63. The summed E-state index contributed by atoms with van der Waals surface area (Å²) in [4.78, 5) is 0.918. The smallest absolute Gasteiger partial charge is 0.0942 e. The molecule has 1 saturated carbocycles. The molecule has 2 rings (SSSR count). The zero-order chi connectivity index (χ0) is 8.39. The largest absolute Gasteiger partial charge is 0.387 e. The molecule has 4 heteroatoms. The molecule has 1 N–H and O–H groups in total. The molecule has 1 aromatic heterocycles. The van der Waals surface area contributed by atoms with Crippen LogP contribution in [0.3, 0.4) is 0 Å². The first-order valence-electron chi connectivity index (χ1n) is 4.33. The summed E-state index contributed by atoms with van der Waals surface area (Å²) in [6.07, 6.45) is 6.18. The van der Waals surface area contributed by atoms with Gasteiger partial charge in [0.1, 0.15) is 0 Å². The summed E-state index contributed by atoms with van der Waals surface area (Å²) in [6.45, 7) is 0. The number of hydrogen-bond acceptors (Lipinski definition) is 4. The summed E-state index contributed by atoms with van der Waals surface area (Å²) in [5.74, 6) is 0.451. The number of rotatable bonds is 2. The zero-order valence-electron chi connectivity index (χ0n) is 6.81. The van der Waals surface area contributed by atoms with Crippen LogP contribution in [-0.4, -0.2) is 14.7 Å². The SMILES string of the molecule is OC(c1cnns1)C1CCCC1. The van der Waals surface area contributed by atoms with Crippen LogP contribution in [0.5, 0.6) is 0 Å². The molecule has 1 heterocycles. The number of aromatic nitrogens is 2. The molecular weight excluding hydrogens is 172 g/mol. The highest BCUT2D eigenvalue weighted by atomic mass is 32.1. The van der Waals surface area contributed by atoms with Crippen LogP contribution in [0.1, 0.15) is 36.7 Å². The van der Waals surface area contributed by atoms with Crippen LogP contribution in [0.2, 0.25) is 0 Å². The summed E-state index contributed by atoms with van der Waals surface area (Å²) < 4.78 is 3.75. The molecule has 0 radical (unpaired) electrons. The van der Waals surface area contributed by atoms with Crippen molar-refractivity contribution in [2.24, 2.45) is 5.92 Å². The van der Waals surface area contributed by atoms with E-state index in [1.54, 1.807) is 6.20 Å². The summed E-state index contributed by atoms with van der Waals surface area (Å²) in [6, 6.07) is 0. The highest BCUT2D eigenvalue weighted by Gasteiger charge is 2.25. The third kappa shape index (κ3) is 1.49. The summed E-state index contributed by atoms with van der Waals surface area (Å²) in [7, 11) is 0. The van der Waals surface area contributed by atoms with Crippen molar-refractivity contribution in [2.75, 3.05) is 0 Å². The van der Waals surface area contributed by atoms with Crippen molar-refractivity contribution in [1.82, 2.24) is 9.59 Å². The second kappa shape index (κ2) is 3.49. The first-order valence-corrected chi connectivity index (χ1v) is 5.10. The quantitative estimate of drug-likeness (QED) is 0.761. The first kappa shape index (κ1) is 8.13. The van der Waals surface area contributed by atoms with Gasteiger partial charge in [0.05, 0.1) is 17.2 Å². The third-order valence-corrected chi connectivity index (χ3v) is 3.25. The molecule has 1 aliphatic carbocycles. The Hall–Kier alpha value is -0.480. The Bertz CT molecular complexity index is 231. The average Bonchev–Trinajstić information content (AvgIpc) is 2.77. The van der Waals surface area contributed by atoms with Gasteiger partial charge >= 0.3 is 0 Å². The fraction of sp³-hybridized carbons (Fsp3) is 0.750. The van der Waals surface area contributed by atoms with Gasteiger partial charge in [-0.15, -0.1) is 5.10 Å². The number of hydrogen-bond donors (Lipinski definition) is 1. The summed E-state index contributed by atoms with van der Waals surface area (Å²) in [5.41, 5.74) is 0. The van der Waals surface area contributed by atoms with Crippen molar-refractivity contribution >= 4 is 11.5 Å². The average molecular weight is 184 g/mol. The Kier molecular flexibility index (Phi) is 2.37. The van der Waals surface area contributed by atoms with Crippen LogP contribution in [0.15, 0.2) is 6.20 Å². The van der Waals surface area contributed by atoms with Crippen LogP contribution < -0.4 is 0 Å². The molecule has 1 atom stereocenters. The van der Waals surface area contributed by atoms with Gasteiger partial charge in [-0.2, -0.15) is 0 Å². The number of aliphatic hydroxyl groups excluding tert-OH is 1. The van der Waals surface area contributed by atoms with E-state index in [0.717, 1.165) is 17.7 Å². The fourth-order valence-corrected chi connectivity index (χ4v) is 2.39. The Morgan fingerprint density at radius 2 is 2.25 bits per heavy atom. The van der Waals surface area contributed by atoms with Gasteiger partial charge in [-0.05, 0) is 30.3 Å². The van der Waals surface area contributed by atoms with E-state index in [0.29, 0.717) is 5.92 Å². The van der Waals surface area contributed by atoms with Crippen molar-refractivity contribution in [2.45, 2.75) is 31.8 Å². The van der Waals surface area contributed by atoms with Crippen molar-refractivity contribution in [3.8, 4) is 0 Å². The minimum atomic E-state index is -0.313. The van der Waals surface area contributed by atoms with Gasteiger partial charge in [-0.1, -0.05) is 17.3 Å². The molecule has 1 fully saturated rings. The van der Waals surface area contributed by atoms with Crippen LogP contribution >= 0.6 is 11.5 Å². The van der Waals surface area contributed by atoms with Gasteiger partial charge in [0.25, 0.3) is 0 Å². The molecule has 0 aliphatic heterocycles. The van der Waals surface area contributed by atoms with Crippen molar-refractivity contribution in [3.63, 3.8) is 0 Å². The van der Waals surface area contributed by atoms with Gasteiger partial charge in [-0.25, -0.2) is 0 Å². The van der Waals surface area contributed by atoms with E-state index in [2.05, 4.69) is 9.59 Å². The van der Waals surface area contributed by atoms with Crippen molar-refractivity contribution in [3.05, 3.63) is 11.1 Å². The lowest BCUT2D eigenvalue weighted by atomic mass is 10.0.